The van der Waals surface area contributed by atoms with Gasteiger partial charge in [0.2, 0.25) is 0 Å². The summed E-state index contributed by atoms with van der Waals surface area (Å²) in [7, 11) is 0. The van der Waals surface area contributed by atoms with Gasteiger partial charge in [0.05, 0.1) is 11.0 Å². The number of nitro benzene ring substituents is 1. The Morgan fingerprint density at radius 1 is 1.35 bits per heavy atom. The summed E-state index contributed by atoms with van der Waals surface area (Å²) < 4.78 is 5.48. The molecule has 1 rings (SSSR count). The largest absolute Gasteiger partial charge is 0.484 e. The smallest absolute Gasteiger partial charge is 0.333 e. The van der Waals surface area contributed by atoms with Crippen molar-refractivity contribution in [1.29, 1.82) is 0 Å². The zero-order valence-electron chi connectivity index (χ0n) is 12.3. The number of benzene rings is 1. The predicted molar refractivity (Wildman–Crippen MR) is 78.2 cm³/mol. The van der Waals surface area contributed by atoms with E-state index in [1.54, 1.807) is 18.2 Å². The molecule has 0 bridgehead atoms. The topological polar surface area (TPSA) is 84.6 Å². The van der Waals surface area contributed by atoms with Gasteiger partial charge in [-0.2, -0.15) is 0 Å². The summed E-state index contributed by atoms with van der Waals surface area (Å²) in [5.74, 6) is 0.239. The van der Waals surface area contributed by atoms with Crippen LogP contribution in [0.5, 0.6) is 5.75 Å². The first-order chi connectivity index (χ1) is 9.36. The average Bonchev–Trinajstić information content (AvgIpc) is 2.36. The van der Waals surface area contributed by atoms with Gasteiger partial charge in [-0.05, 0) is 38.8 Å². The lowest BCUT2D eigenvalue weighted by Gasteiger charge is -2.21. The Labute approximate surface area is 118 Å². The van der Waals surface area contributed by atoms with Gasteiger partial charge < -0.3 is 15.2 Å². The van der Waals surface area contributed by atoms with E-state index in [2.05, 4.69) is 5.32 Å². The Morgan fingerprint density at radius 3 is 2.50 bits per heavy atom. The third-order valence-electron chi connectivity index (χ3n) is 3.07. The van der Waals surface area contributed by atoms with Gasteiger partial charge in [0, 0.05) is 12.6 Å². The van der Waals surface area contributed by atoms with E-state index in [0.29, 0.717) is 5.69 Å². The van der Waals surface area contributed by atoms with Crippen molar-refractivity contribution in [3.8, 4) is 5.75 Å². The van der Waals surface area contributed by atoms with Crippen molar-refractivity contribution in [3.05, 3.63) is 28.3 Å². The van der Waals surface area contributed by atoms with Crippen LogP contribution in [0, 0.1) is 16.0 Å². The van der Waals surface area contributed by atoms with Crippen LogP contribution < -0.4 is 10.1 Å². The molecule has 2 unspecified atom stereocenters. The fourth-order valence-corrected chi connectivity index (χ4v) is 1.72. The molecule has 0 aliphatic carbocycles. The van der Waals surface area contributed by atoms with Crippen LogP contribution in [0.1, 0.15) is 27.7 Å². The summed E-state index contributed by atoms with van der Waals surface area (Å²) in [4.78, 5) is 10.8. The van der Waals surface area contributed by atoms with E-state index < -0.39 is 4.92 Å². The molecule has 20 heavy (non-hydrogen) atoms. The highest BCUT2D eigenvalue weighted by molar-refractivity contribution is 5.68. The molecule has 6 heteroatoms. The number of aliphatic hydroxyl groups excluding tert-OH is 1. The number of nitrogens with one attached hydrogen (secondary N) is 1. The molecule has 2 atom stereocenters. The summed E-state index contributed by atoms with van der Waals surface area (Å²) in [6, 6.07) is 4.85. The van der Waals surface area contributed by atoms with Crippen LogP contribution in [0.4, 0.5) is 11.4 Å². The van der Waals surface area contributed by atoms with Crippen LogP contribution in [0.2, 0.25) is 0 Å². The maximum Gasteiger partial charge on any atom is 0.333 e. The number of nitro groups is 1. The molecule has 0 radical (unpaired) electrons. The van der Waals surface area contributed by atoms with Gasteiger partial charge in [0.25, 0.3) is 0 Å². The Kier molecular flexibility index (Phi) is 5.76. The van der Waals surface area contributed by atoms with E-state index in [-0.39, 0.29) is 36.1 Å². The third-order valence-corrected chi connectivity index (χ3v) is 3.07. The van der Waals surface area contributed by atoms with Crippen LogP contribution >= 0.6 is 0 Å². The fourth-order valence-electron chi connectivity index (χ4n) is 1.72. The molecule has 0 aromatic heterocycles. The molecule has 0 heterocycles. The van der Waals surface area contributed by atoms with Gasteiger partial charge in [0.15, 0.2) is 5.75 Å². The third kappa shape index (κ3) is 4.09. The van der Waals surface area contributed by atoms with E-state index in [1.165, 1.54) is 0 Å². The first kappa shape index (κ1) is 16.2. The lowest BCUT2D eigenvalue weighted by molar-refractivity contribution is -0.385. The molecule has 0 amide bonds. The average molecular weight is 282 g/mol. The number of rotatable bonds is 7. The molecule has 0 aliphatic heterocycles. The second-order valence-corrected chi connectivity index (χ2v) is 5.17. The molecule has 1 aromatic carbocycles. The summed E-state index contributed by atoms with van der Waals surface area (Å²) >= 11 is 0. The molecule has 6 nitrogen and oxygen atoms in total. The van der Waals surface area contributed by atoms with Crippen LogP contribution in [0.15, 0.2) is 18.2 Å². The molecular formula is C14H22N2O4. The van der Waals surface area contributed by atoms with Gasteiger partial charge in [-0.25, -0.2) is 0 Å². The first-order valence-electron chi connectivity index (χ1n) is 6.68. The number of para-hydroxylation sites is 1. The van der Waals surface area contributed by atoms with E-state index >= 15 is 0 Å². The van der Waals surface area contributed by atoms with Gasteiger partial charge in [0.1, 0.15) is 5.69 Å². The minimum Gasteiger partial charge on any atom is -0.484 e. The lowest BCUT2D eigenvalue weighted by atomic mass is 10.0. The molecule has 2 N–H and O–H groups in total. The quantitative estimate of drug-likeness (QED) is 0.593. The van der Waals surface area contributed by atoms with Crippen molar-refractivity contribution in [1.82, 2.24) is 0 Å². The second-order valence-electron chi connectivity index (χ2n) is 5.17. The Morgan fingerprint density at radius 2 is 2.00 bits per heavy atom. The van der Waals surface area contributed by atoms with Crippen molar-refractivity contribution >= 4 is 11.4 Å². The first-order valence-corrected chi connectivity index (χ1v) is 6.68. The van der Waals surface area contributed by atoms with Crippen LogP contribution in [0.3, 0.4) is 0 Å². The Bertz CT molecular complexity index is 462. The van der Waals surface area contributed by atoms with Crippen LogP contribution in [0.25, 0.3) is 0 Å². The van der Waals surface area contributed by atoms with Gasteiger partial charge in [-0.1, -0.05) is 13.0 Å². The highest BCUT2D eigenvalue weighted by Crippen LogP contribution is 2.36. The van der Waals surface area contributed by atoms with E-state index in [9.17, 15) is 10.1 Å². The number of aliphatic hydroxyl groups is 1. The molecule has 0 saturated carbocycles. The van der Waals surface area contributed by atoms with E-state index in [1.807, 2.05) is 27.7 Å². The van der Waals surface area contributed by atoms with Gasteiger partial charge >= 0.3 is 5.69 Å². The number of hydrogen-bond acceptors (Lipinski definition) is 5. The standard InChI is InChI=1S/C14H22N2O4/c1-9(2)20-13-7-5-6-12(14(13)16(18)19)15-11(4)10(3)8-17/h5-7,9-11,15,17H,8H2,1-4H3. The molecule has 0 fully saturated rings. The molecular weight excluding hydrogens is 260 g/mol. The van der Waals surface area contributed by atoms with Crippen molar-refractivity contribution in [2.75, 3.05) is 11.9 Å². The predicted octanol–water partition coefficient (Wildman–Crippen LogP) is 2.81. The van der Waals surface area contributed by atoms with Gasteiger partial charge in [-0.3, -0.25) is 10.1 Å². The van der Waals surface area contributed by atoms with E-state index in [0.717, 1.165) is 0 Å². The minimum absolute atomic E-state index is 0.00993. The number of hydrogen-bond donors (Lipinski definition) is 2. The minimum atomic E-state index is -0.448. The monoisotopic (exact) mass is 282 g/mol. The summed E-state index contributed by atoms with van der Waals surface area (Å²) in [5.41, 5.74) is 0.333. The zero-order valence-corrected chi connectivity index (χ0v) is 12.3. The fraction of sp³-hybridized carbons (Fsp3) is 0.571. The summed E-state index contributed by atoms with van der Waals surface area (Å²) in [6.07, 6.45) is -0.141. The number of ether oxygens (including phenoxy) is 1. The van der Waals surface area contributed by atoms with Crippen molar-refractivity contribution < 1.29 is 14.8 Å². The summed E-state index contributed by atoms with van der Waals surface area (Å²) in [6.45, 7) is 7.41. The second kappa shape index (κ2) is 7.09. The van der Waals surface area contributed by atoms with E-state index in [4.69, 9.17) is 9.84 Å². The normalized spacial score (nSPS) is 13.9. The maximum atomic E-state index is 11.3. The molecule has 0 saturated heterocycles. The molecule has 0 aliphatic rings. The summed E-state index contributed by atoms with van der Waals surface area (Å²) in [5, 5.41) is 23.5. The number of anilines is 1. The Balaban J connectivity index is 3.09. The van der Waals surface area contributed by atoms with Gasteiger partial charge in [-0.15, -0.1) is 0 Å². The Hall–Kier alpha value is -1.82. The van der Waals surface area contributed by atoms with Crippen molar-refractivity contribution in [2.45, 2.75) is 39.8 Å². The van der Waals surface area contributed by atoms with Crippen LogP contribution in [-0.2, 0) is 0 Å². The highest BCUT2D eigenvalue weighted by Gasteiger charge is 2.23. The van der Waals surface area contributed by atoms with Crippen molar-refractivity contribution in [3.63, 3.8) is 0 Å². The SMILES string of the molecule is CC(C)Oc1cccc(NC(C)C(C)CO)c1[N+](=O)[O-]. The molecule has 0 spiro atoms. The molecule has 112 valence electrons. The molecule has 1 aromatic rings. The highest BCUT2D eigenvalue weighted by atomic mass is 16.6. The lowest BCUT2D eigenvalue weighted by Crippen LogP contribution is -2.26. The number of nitrogens with zero attached hydrogens (tertiary/aromatic N) is 1. The van der Waals surface area contributed by atoms with Crippen molar-refractivity contribution in [2.24, 2.45) is 5.92 Å². The maximum absolute atomic E-state index is 11.3. The zero-order chi connectivity index (χ0) is 15.3. The van der Waals surface area contributed by atoms with Crippen LogP contribution in [-0.4, -0.2) is 28.8 Å².